The molecule has 20 heavy (non-hydrogen) atoms. The van der Waals surface area contributed by atoms with Crippen molar-refractivity contribution in [2.75, 3.05) is 14.2 Å². The number of benzene rings is 1. The minimum absolute atomic E-state index is 0.0504. The highest BCUT2D eigenvalue weighted by Crippen LogP contribution is 2.45. The number of nitrogens with two attached hydrogens (primary N) is 1. The lowest BCUT2D eigenvalue weighted by atomic mass is 9.84. The molecule has 1 saturated carbocycles. The van der Waals surface area contributed by atoms with Crippen LogP contribution >= 0.6 is 0 Å². The highest BCUT2D eigenvalue weighted by molar-refractivity contribution is 5.46. The van der Waals surface area contributed by atoms with E-state index in [0.717, 1.165) is 24.2 Å². The highest BCUT2D eigenvalue weighted by atomic mass is 16.5. The number of rotatable bonds is 5. The topological polar surface area (TPSA) is 56.5 Å². The molecule has 1 fully saturated rings. The Morgan fingerprint density at radius 3 is 2.35 bits per heavy atom. The normalized spacial score (nSPS) is 19.1. The van der Waals surface area contributed by atoms with Crippen molar-refractivity contribution in [3.63, 3.8) is 0 Å². The summed E-state index contributed by atoms with van der Waals surface area (Å²) in [6, 6.07) is 4.18. The monoisotopic (exact) mass is 278 g/mol. The van der Waals surface area contributed by atoms with Gasteiger partial charge in [0.05, 0.1) is 18.8 Å². The molecule has 0 heterocycles. The maximum atomic E-state index is 5.89. The van der Waals surface area contributed by atoms with E-state index in [4.69, 9.17) is 15.3 Å². The van der Waals surface area contributed by atoms with Gasteiger partial charge in [0.15, 0.2) is 0 Å². The first-order chi connectivity index (χ1) is 9.57. The molecule has 112 valence electrons. The molecule has 0 saturated heterocycles. The molecule has 0 aromatic heterocycles. The van der Waals surface area contributed by atoms with Gasteiger partial charge >= 0.3 is 0 Å². The van der Waals surface area contributed by atoms with E-state index in [1.54, 1.807) is 14.2 Å². The average molecular weight is 278 g/mol. The van der Waals surface area contributed by atoms with E-state index in [0.29, 0.717) is 0 Å². The Kier molecular flexibility index (Phi) is 4.68. The number of methoxy groups -OCH3 is 2. The Labute approximate surface area is 121 Å². The maximum Gasteiger partial charge on any atom is 0.124 e. The zero-order chi connectivity index (χ0) is 14.8. The summed E-state index contributed by atoms with van der Waals surface area (Å²) in [5.74, 6) is 6.77. The van der Waals surface area contributed by atoms with Crippen molar-refractivity contribution in [1.82, 2.24) is 5.43 Å². The standard InChI is InChI=1S/C16H26N2O2/c1-11-9-12(2)14(13(10-11)19-3)15(18-17)16(20-4)7-5-6-8-16/h9-10,15,18H,5-8,17H2,1-4H3. The highest BCUT2D eigenvalue weighted by Gasteiger charge is 2.43. The second-order valence-electron chi connectivity index (χ2n) is 5.77. The number of ether oxygens (including phenoxy) is 2. The van der Waals surface area contributed by atoms with E-state index in [9.17, 15) is 0 Å². The first-order valence-corrected chi connectivity index (χ1v) is 7.24. The first kappa shape index (κ1) is 15.3. The Morgan fingerprint density at radius 2 is 1.85 bits per heavy atom. The lowest BCUT2D eigenvalue weighted by Gasteiger charge is -2.37. The van der Waals surface area contributed by atoms with Crippen molar-refractivity contribution >= 4 is 0 Å². The molecule has 4 heteroatoms. The Hall–Kier alpha value is -1.10. The van der Waals surface area contributed by atoms with E-state index in [1.165, 1.54) is 24.0 Å². The number of nitrogens with one attached hydrogen (secondary N) is 1. The van der Waals surface area contributed by atoms with Gasteiger partial charge in [-0.05, 0) is 43.9 Å². The van der Waals surface area contributed by atoms with Crippen LogP contribution in [0.2, 0.25) is 0 Å². The van der Waals surface area contributed by atoms with Crippen molar-refractivity contribution in [2.45, 2.75) is 51.2 Å². The lowest BCUT2D eigenvalue weighted by Crippen LogP contribution is -2.46. The van der Waals surface area contributed by atoms with Gasteiger partial charge in [0.25, 0.3) is 0 Å². The van der Waals surface area contributed by atoms with Gasteiger partial charge in [-0.3, -0.25) is 5.84 Å². The second-order valence-corrected chi connectivity index (χ2v) is 5.77. The van der Waals surface area contributed by atoms with E-state index in [-0.39, 0.29) is 11.6 Å². The average Bonchev–Trinajstić information content (AvgIpc) is 2.91. The van der Waals surface area contributed by atoms with E-state index in [1.807, 2.05) is 0 Å². The molecule has 4 nitrogen and oxygen atoms in total. The second kappa shape index (κ2) is 6.12. The van der Waals surface area contributed by atoms with Crippen molar-refractivity contribution in [3.8, 4) is 5.75 Å². The van der Waals surface area contributed by atoms with Gasteiger partial charge in [0.1, 0.15) is 5.75 Å². The van der Waals surface area contributed by atoms with Crippen LogP contribution in [-0.4, -0.2) is 19.8 Å². The lowest BCUT2D eigenvalue weighted by molar-refractivity contribution is -0.0375. The summed E-state index contributed by atoms with van der Waals surface area (Å²) in [5, 5.41) is 0. The quantitative estimate of drug-likeness (QED) is 0.642. The van der Waals surface area contributed by atoms with Crippen LogP contribution in [0, 0.1) is 13.8 Å². The van der Waals surface area contributed by atoms with Crippen LogP contribution in [0.4, 0.5) is 0 Å². The van der Waals surface area contributed by atoms with Gasteiger partial charge in [0.2, 0.25) is 0 Å². The predicted molar refractivity (Wildman–Crippen MR) is 80.7 cm³/mol. The fraction of sp³-hybridized carbons (Fsp3) is 0.625. The van der Waals surface area contributed by atoms with Gasteiger partial charge in [0, 0.05) is 12.7 Å². The van der Waals surface area contributed by atoms with Crippen LogP contribution < -0.4 is 16.0 Å². The molecule has 1 unspecified atom stereocenters. The van der Waals surface area contributed by atoms with Gasteiger partial charge in [-0.25, -0.2) is 5.43 Å². The molecule has 0 aliphatic heterocycles. The van der Waals surface area contributed by atoms with Crippen LogP contribution in [0.5, 0.6) is 5.75 Å². The summed E-state index contributed by atoms with van der Waals surface area (Å²) in [6.07, 6.45) is 4.40. The molecule has 3 N–H and O–H groups in total. The molecular weight excluding hydrogens is 252 g/mol. The van der Waals surface area contributed by atoms with Crippen LogP contribution in [0.1, 0.15) is 48.4 Å². The summed E-state index contributed by atoms with van der Waals surface area (Å²) in [4.78, 5) is 0. The van der Waals surface area contributed by atoms with Crippen molar-refractivity contribution < 1.29 is 9.47 Å². The summed E-state index contributed by atoms with van der Waals surface area (Å²) in [5.41, 5.74) is 6.24. The predicted octanol–water partition coefficient (Wildman–Crippen LogP) is 2.78. The number of hydrazine groups is 1. The summed E-state index contributed by atoms with van der Waals surface area (Å²) >= 11 is 0. The van der Waals surface area contributed by atoms with Crippen LogP contribution in [-0.2, 0) is 4.74 Å². The van der Waals surface area contributed by atoms with Gasteiger partial charge in [-0.15, -0.1) is 0 Å². The number of aryl methyl sites for hydroxylation is 2. The van der Waals surface area contributed by atoms with E-state index in [2.05, 4.69) is 31.4 Å². The molecule has 1 aromatic carbocycles. The molecule has 1 aliphatic carbocycles. The maximum absolute atomic E-state index is 5.89. The van der Waals surface area contributed by atoms with Crippen molar-refractivity contribution in [2.24, 2.45) is 5.84 Å². The van der Waals surface area contributed by atoms with E-state index >= 15 is 0 Å². The molecule has 0 bridgehead atoms. The molecule has 0 radical (unpaired) electrons. The SMILES string of the molecule is COc1cc(C)cc(C)c1C(NN)C1(OC)CCCC1. The van der Waals surface area contributed by atoms with E-state index < -0.39 is 0 Å². The molecule has 1 aliphatic rings. The molecule has 1 atom stereocenters. The summed E-state index contributed by atoms with van der Waals surface area (Å²) < 4.78 is 11.5. The Morgan fingerprint density at radius 1 is 1.20 bits per heavy atom. The largest absolute Gasteiger partial charge is 0.496 e. The zero-order valence-electron chi connectivity index (χ0n) is 13.0. The fourth-order valence-electron chi connectivity index (χ4n) is 3.56. The Balaban J connectivity index is 2.51. The molecule has 0 amide bonds. The fourth-order valence-corrected chi connectivity index (χ4v) is 3.56. The smallest absolute Gasteiger partial charge is 0.124 e. The Bertz CT molecular complexity index is 468. The summed E-state index contributed by atoms with van der Waals surface area (Å²) in [6.45, 7) is 4.18. The third kappa shape index (κ3) is 2.55. The number of hydrogen-bond donors (Lipinski definition) is 2. The summed E-state index contributed by atoms with van der Waals surface area (Å²) in [7, 11) is 3.49. The van der Waals surface area contributed by atoms with Crippen molar-refractivity contribution in [1.29, 1.82) is 0 Å². The minimum Gasteiger partial charge on any atom is -0.496 e. The van der Waals surface area contributed by atoms with Crippen LogP contribution in [0.3, 0.4) is 0 Å². The molecule has 0 spiro atoms. The minimum atomic E-state index is -0.234. The third-order valence-electron chi connectivity index (χ3n) is 4.55. The third-order valence-corrected chi connectivity index (χ3v) is 4.55. The van der Waals surface area contributed by atoms with Crippen molar-refractivity contribution in [3.05, 3.63) is 28.8 Å². The molecular formula is C16H26N2O2. The van der Waals surface area contributed by atoms with Gasteiger partial charge < -0.3 is 9.47 Å². The zero-order valence-corrected chi connectivity index (χ0v) is 13.0. The first-order valence-electron chi connectivity index (χ1n) is 7.24. The van der Waals surface area contributed by atoms with Gasteiger partial charge in [-0.1, -0.05) is 18.9 Å². The van der Waals surface area contributed by atoms with Crippen LogP contribution in [0.15, 0.2) is 12.1 Å². The van der Waals surface area contributed by atoms with Crippen LogP contribution in [0.25, 0.3) is 0 Å². The molecule has 2 rings (SSSR count). The number of hydrogen-bond acceptors (Lipinski definition) is 4. The molecule has 1 aromatic rings. The van der Waals surface area contributed by atoms with Gasteiger partial charge in [-0.2, -0.15) is 0 Å².